The zero-order valence-electron chi connectivity index (χ0n) is 9.99. The van der Waals surface area contributed by atoms with Crippen LogP contribution in [-0.2, 0) is 0 Å². The summed E-state index contributed by atoms with van der Waals surface area (Å²) in [4.78, 5) is 4.75. The van der Waals surface area contributed by atoms with Crippen molar-refractivity contribution >= 4 is 17.3 Å². The second-order valence-corrected chi connectivity index (χ2v) is 5.06. The van der Waals surface area contributed by atoms with Crippen LogP contribution < -0.4 is 4.90 Å². The van der Waals surface area contributed by atoms with Crippen LogP contribution in [0.3, 0.4) is 0 Å². The van der Waals surface area contributed by atoms with E-state index in [1.807, 2.05) is 18.2 Å². The highest BCUT2D eigenvalue weighted by Crippen LogP contribution is 2.24. The molecule has 0 aliphatic carbocycles. The van der Waals surface area contributed by atoms with Gasteiger partial charge in [-0.2, -0.15) is 0 Å². The fourth-order valence-electron chi connectivity index (χ4n) is 2.29. The van der Waals surface area contributed by atoms with Gasteiger partial charge in [0.2, 0.25) is 0 Å². The molecule has 1 aromatic carbocycles. The monoisotopic (exact) mass is 238 g/mol. The molecule has 2 nitrogen and oxygen atoms in total. The molecule has 0 amide bonds. The Kier molecular flexibility index (Phi) is 3.72. The Morgan fingerprint density at radius 1 is 1.31 bits per heavy atom. The van der Waals surface area contributed by atoms with E-state index in [-0.39, 0.29) is 0 Å². The summed E-state index contributed by atoms with van der Waals surface area (Å²) in [5.41, 5.74) is 1.22. The molecule has 0 aromatic heterocycles. The van der Waals surface area contributed by atoms with E-state index in [0.29, 0.717) is 6.04 Å². The standard InChI is InChI=1S/C13H19ClN2/c1-15-8-6-12(7-9-15)16(2)13-5-3-4-11(14)10-13/h3-5,10,12H,6-9H2,1-2H3. The van der Waals surface area contributed by atoms with Crippen LogP contribution in [0.2, 0.25) is 5.02 Å². The average molecular weight is 239 g/mol. The minimum atomic E-state index is 0.648. The molecule has 1 aliphatic heterocycles. The van der Waals surface area contributed by atoms with E-state index in [9.17, 15) is 0 Å². The van der Waals surface area contributed by atoms with Gasteiger partial charge in [-0.25, -0.2) is 0 Å². The maximum atomic E-state index is 6.02. The van der Waals surface area contributed by atoms with E-state index in [4.69, 9.17) is 11.6 Å². The van der Waals surface area contributed by atoms with Crippen LogP contribution in [0.4, 0.5) is 5.69 Å². The third-order valence-electron chi connectivity index (χ3n) is 3.45. The highest BCUT2D eigenvalue weighted by Gasteiger charge is 2.20. The Balaban J connectivity index is 2.04. The Hall–Kier alpha value is -0.730. The van der Waals surface area contributed by atoms with Gasteiger partial charge in [0.05, 0.1) is 0 Å². The SMILES string of the molecule is CN1CCC(N(C)c2cccc(Cl)c2)CC1. The summed E-state index contributed by atoms with van der Waals surface area (Å²) in [5, 5.41) is 0.817. The highest BCUT2D eigenvalue weighted by molar-refractivity contribution is 6.30. The van der Waals surface area contributed by atoms with E-state index < -0.39 is 0 Å². The Bertz CT molecular complexity index is 346. The number of benzene rings is 1. The van der Waals surface area contributed by atoms with Gasteiger partial charge in [0.25, 0.3) is 0 Å². The fourth-order valence-corrected chi connectivity index (χ4v) is 2.47. The van der Waals surface area contributed by atoms with Crippen molar-refractivity contribution in [2.24, 2.45) is 0 Å². The van der Waals surface area contributed by atoms with E-state index in [0.717, 1.165) is 5.02 Å². The zero-order valence-corrected chi connectivity index (χ0v) is 10.7. The molecule has 2 rings (SSSR count). The molecule has 0 bridgehead atoms. The van der Waals surface area contributed by atoms with Crippen LogP contribution in [0.1, 0.15) is 12.8 Å². The van der Waals surface area contributed by atoms with Crippen LogP contribution in [0, 0.1) is 0 Å². The van der Waals surface area contributed by atoms with Crippen molar-refractivity contribution in [3.05, 3.63) is 29.3 Å². The first kappa shape index (κ1) is 11.7. The highest BCUT2D eigenvalue weighted by atomic mass is 35.5. The summed E-state index contributed by atoms with van der Waals surface area (Å²) >= 11 is 6.02. The molecule has 3 heteroatoms. The maximum absolute atomic E-state index is 6.02. The molecule has 1 heterocycles. The lowest BCUT2D eigenvalue weighted by Gasteiger charge is -2.36. The summed E-state index contributed by atoms with van der Waals surface area (Å²) < 4.78 is 0. The van der Waals surface area contributed by atoms with Crippen molar-refractivity contribution < 1.29 is 0 Å². The number of hydrogen-bond acceptors (Lipinski definition) is 2. The molecule has 0 atom stereocenters. The molecule has 1 saturated heterocycles. The predicted molar refractivity (Wildman–Crippen MR) is 70.4 cm³/mol. The molecule has 88 valence electrons. The minimum absolute atomic E-state index is 0.648. The van der Waals surface area contributed by atoms with Crippen LogP contribution in [0.25, 0.3) is 0 Å². The van der Waals surface area contributed by atoms with Crippen LogP contribution >= 0.6 is 11.6 Å². The van der Waals surface area contributed by atoms with E-state index in [1.165, 1.54) is 31.6 Å². The second kappa shape index (κ2) is 5.07. The Morgan fingerprint density at radius 2 is 2.00 bits per heavy atom. The molecule has 0 saturated carbocycles. The summed E-state index contributed by atoms with van der Waals surface area (Å²) in [6.07, 6.45) is 2.47. The van der Waals surface area contributed by atoms with Gasteiger partial charge in [-0.1, -0.05) is 17.7 Å². The van der Waals surface area contributed by atoms with E-state index >= 15 is 0 Å². The van der Waals surface area contributed by atoms with Gasteiger partial charge in [0.15, 0.2) is 0 Å². The normalized spacial score (nSPS) is 18.7. The third kappa shape index (κ3) is 2.69. The lowest BCUT2D eigenvalue weighted by molar-refractivity contribution is 0.253. The Morgan fingerprint density at radius 3 is 2.62 bits per heavy atom. The molecule has 1 aromatic rings. The number of nitrogens with zero attached hydrogens (tertiary/aromatic N) is 2. The lowest BCUT2D eigenvalue weighted by atomic mass is 10.0. The topological polar surface area (TPSA) is 6.48 Å². The number of halogens is 1. The first-order valence-corrected chi connectivity index (χ1v) is 6.21. The molecular weight excluding hydrogens is 220 g/mol. The molecule has 16 heavy (non-hydrogen) atoms. The largest absolute Gasteiger partial charge is 0.371 e. The molecule has 0 unspecified atom stereocenters. The summed E-state index contributed by atoms with van der Waals surface area (Å²) in [7, 11) is 4.36. The molecule has 1 fully saturated rings. The van der Waals surface area contributed by atoms with Gasteiger partial charge >= 0.3 is 0 Å². The predicted octanol–water partition coefficient (Wildman–Crippen LogP) is 2.87. The van der Waals surface area contributed by atoms with Gasteiger partial charge < -0.3 is 9.80 Å². The summed E-state index contributed by atoms with van der Waals surface area (Å²) in [5.74, 6) is 0. The second-order valence-electron chi connectivity index (χ2n) is 4.63. The number of rotatable bonds is 2. The third-order valence-corrected chi connectivity index (χ3v) is 3.69. The number of anilines is 1. The van der Waals surface area contributed by atoms with Crippen molar-refractivity contribution in [2.75, 3.05) is 32.1 Å². The first-order valence-electron chi connectivity index (χ1n) is 5.84. The van der Waals surface area contributed by atoms with Crippen LogP contribution in [0.5, 0.6) is 0 Å². The lowest BCUT2D eigenvalue weighted by Crippen LogP contribution is -2.41. The van der Waals surface area contributed by atoms with E-state index in [2.05, 4.69) is 30.0 Å². The number of likely N-dealkylation sites (tertiary alicyclic amines) is 1. The van der Waals surface area contributed by atoms with Crippen molar-refractivity contribution in [1.29, 1.82) is 0 Å². The van der Waals surface area contributed by atoms with Crippen LogP contribution in [0.15, 0.2) is 24.3 Å². The molecule has 0 spiro atoms. The first-order chi connectivity index (χ1) is 7.66. The van der Waals surface area contributed by atoms with Crippen molar-refractivity contribution in [1.82, 2.24) is 4.90 Å². The molecule has 0 radical (unpaired) electrons. The maximum Gasteiger partial charge on any atom is 0.0426 e. The van der Waals surface area contributed by atoms with Crippen molar-refractivity contribution in [3.8, 4) is 0 Å². The van der Waals surface area contributed by atoms with Gasteiger partial charge in [0, 0.05) is 23.8 Å². The summed E-state index contributed by atoms with van der Waals surface area (Å²) in [6.45, 7) is 2.38. The van der Waals surface area contributed by atoms with Crippen molar-refractivity contribution in [2.45, 2.75) is 18.9 Å². The zero-order chi connectivity index (χ0) is 11.5. The smallest absolute Gasteiger partial charge is 0.0426 e. The Labute approximate surface area is 103 Å². The molecule has 0 N–H and O–H groups in total. The van der Waals surface area contributed by atoms with E-state index in [1.54, 1.807) is 0 Å². The number of hydrogen-bond donors (Lipinski definition) is 0. The van der Waals surface area contributed by atoms with Crippen molar-refractivity contribution in [3.63, 3.8) is 0 Å². The fraction of sp³-hybridized carbons (Fsp3) is 0.538. The van der Waals surface area contributed by atoms with Gasteiger partial charge in [-0.3, -0.25) is 0 Å². The minimum Gasteiger partial charge on any atom is -0.371 e. The summed E-state index contributed by atoms with van der Waals surface area (Å²) in [6, 6.07) is 8.76. The molecule has 1 aliphatic rings. The quantitative estimate of drug-likeness (QED) is 0.782. The van der Waals surface area contributed by atoms with Gasteiger partial charge in [-0.05, 0) is 51.2 Å². The molecular formula is C13H19ClN2. The number of piperidine rings is 1. The average Bonchev–Trinajstić information content (AvgIpc) is 2.29. The van der Waals surface area contributed by atoms with Gasteiger partial charge in [-0.15, -0.1) is 0 Å². The van der Waals surface area contributed by atoms with Crippen LogP contribution in [-0.4, -0.2) is 38.1 Å². The van der Waals surface area contributed by atoms with Gasteiger partial charge in [0.1, 0.15) is 0 Å².